The van der Waals surface area contributed by atoms with Gasteiger partial charge in [-0.3, -0.25) is 9.78 Å². The van der Waals surface area contributed by atoms with E-state index in [-0.39, 0.29) is 24.9 Å². The maximum Gasteiger partial charge on any atom is 0.434 e. The smallest absolute Gasteiger partial charge is 0.426 e. The molecule has 0 radical (unpaired) electrons. The fraction of sp³-hybridized carbons (Fsp3) is 0.611. The van der Waals surface area contributed by atoms with Crippen LogP contribution in [0, 0.1) is 11.3 Å². The average molecular weight is 439 g/mol. The molecule has 2 fully saturated rings. The third-order valence-corrected chi connectivity index (χ3v) is 5.68. The van der Waals surface area contributed by atoms with Crippen molar-refractivity contribution in [2.75, 3.05) is 25.0 Å². The molecule has 6 nitrogen and oxygen atoms in total. The van der Waals surface area contributed by atoms with E-state index in [9.17, 15) is 35.9 Å². The highest BCUT2D eigenvalue weighted by Gasteiger charge is 2.62. The Morgan fingerprint density at radius 2 is 1.80 bits per heavy atom. The van der Waals surface area contributed by atoms with Gasteiger partial charge in [-0.05, 0) is 36.8 Å². The van der Waals surface area contributed by atoms with Gasteiger partial charge in [-0.25, -0.2) is 4.79 Å². The second kappa shape index (κ2) is 7.62. The SMILES string of the molecule is CN(C(=O)[C@H]1CC12CCN(C(=O)OC(C(F)(F)F)C(F)(F)F)CC2)c1cccnc1. The van der Waals surface area contributed by atoms with Crippen LogP contribution in [0.15, 0.2) is 24.5 Å². The number of hydrogen-bond donors (Lipinski definition) is 0. The molecule has 1 aromatic heterocycles. The number of carbonyl (C=O) groups is 2. The van der Waals surface area contributed by atoms with Crippen LogP contribution in [0.2, 0.25) is 0 Å². The van der Waals surface area contributed by atoms with Crippen LogP contribution in [-0.4, -0.2) is 60.5 Å². The number of anilines is 1. The number of piperidine rings is 1. The number of nitrogens with zero attached hydrogens (tertiary/aromatic N) is 3. The summed E-state index contributed by atoms with van der Waals surface area (Å²) in [6, 6.07) is 3.40. The Morgan fingerprint density at radius 1 is 1.20 bits per heavy atom. The largest absolute Gasteiger partial charge is 0.434 e. The Kier molecular flexibility index (Phi) is 5.63. The van der Waals surface area contributed by atoms with Crippen LogP contribution in [0.4, 0.5) is 36.8 Å². The topological polar surface area (TPSA) is 62.7 Å². The van der Waals surface area contributed by atoms with E-state index >= 15 is 0 Å². The molecule has 3 rings (SSSR count). The molecule has 0 N–H and O–H groups in total. The first kappa shape index (κ1) is 22.2. The predicted molar refractivity (Wildman–Crippen MR) is 91.4 cm³/mol. The number of pyridine rings is 1. The quantitative estimate of drug-likeness (QED) is 0.673. The van der Waals surface area contributed by atoms with Gasteiger partial charge in [-0.2, -0.15) is 26.3 Å². The summed E-state index contributed by atoms with van der Waals surface area (Å²) in [6.45, 7) is -0.163. The number of amides is 2. The van der Waals surface area contributed by atoms with E-state index in [2.05, 4.69) is 9.72 Å². The van der Waals surface area contributed by atoms with Crippen molar-refractivity contribution in [1.82, 2.24) is 9.88 Å². The van der Waals surface area contributed by atoms with Crippen molar-refractivity contribution in [2.45, 2.75) is 37.7 Å². The number of alkyl halides is 6. The molecular formula is C18H19F6N3O3. The van der Waals surface area contributed by atoms with Crippen molar-refractivity contribution < 1.29 is 40.7 Å². The number of hydrogen-bond acceptors (Lipinski definition) is 4. The van der Waals surface area contributed by atoms with Gasteiger partial charge in [0, 0.05) is 32.3 Å². The monoisotopic (exact) mass is 439 g/mol. The fourth-order valence-electron chi connectivity index (χ4n) is 3.79. The van der Waals surface area contributed by atoms with Crippen LogP contribution >= 0.6 is 0 Å². The first-order valence-corrected chi connectivity index (χ1v) is 9.12. The van der Waals surface area contributed by atoms with Crippen LogP contribution in [0.3, 0.4) is 0 Å². The standard InChI is InChI=1S/C18H19F6N3O3/c1-26(11-3-2-6-25-10-11)13(28)12-9-16(12)4-7-27(8-5-16)15(29)30-14(17(19,20)21)18(22,23)24/h2-3,6,10,12,14H,4-5,7-9H2,1H3/t12-/m1/s1. The van der Waals surface area contributed by atoms with E-state index < -0.39 is 30.0 Å². The highest BCUT2D eigenvalue weighted by Crippen LogP contribution is 2.60. The predicted octanol–water partition coefficient (Wildman–Crippen LogP) is 3.78. The number of aromatic nitrogens is 1. The Hall–Kier alpha value is -2.53. The summed E-state index contributed by atoms with van der Waals surface area (Å²) >= 11 is 0. The van der Waals surface area contributed by atoms with Crippen molar-refractivity contribution in [3.8, 4) is 0 Å². The lowest BCUT2D eigenvalue weighted by Crippen LogP contribution is -2.49. The van der Waals surface area contributed by atoms with Gasteiger partial charge >= 0.3 is 18.4 Å². The molecule has 1 aliphatic heterocycles. The molecule has 0 bridgehead atoms. The van der Waals surface area contributed by atoms with Gasteiger partial charge in [-0.15, -0.1) is 0 Å². The molecule has 30 heavy (non-hydrogen) atoms. The minimum absolute atomic E-state index is 0.0817. The van der Waals surface area contributed by atoms with Gasteiger partial charge in [-0.1, -0.05) is 0 Å². The second-order valence-electron chi connectivity index (χ2n) is 7.56. The number of carbonyl (C=O) groups excluding carboxylic acids is 2. The summed E-state index contributed by atoms with van der Waals surface area (Å²) in [4.78, 5) is 30.8. The number of halogens is 6. The molecule has 2 amide bonds. The second-order valence-corrected chi connectivity index (χ2v) is 7.56. The highest BCUT2D eigenvalue weighted by atomic mass is 19.4. The number of ether oxygens (including phenoxy) is 1. The molecule has 1 saturated heterocycles. The molecule has 2 heterocycles. The van der Waals surface area contributed by atoms with Crippen LogP contribution < -0.4 is 4.90 Å². The van der Waals surface area contributed by atoms with Gasteiger partial charge in [0.2, 0.25) is 5.91 Å². The van der Waals surface area contributed by atoms with Gasteiger partial charge in [0.05, 0.1) is 11.9 Å². The number of rotatable bonds is 3. The lowest BCUT2D eigenvalue weighted by Gasteiger charge is -2.34. The first-order valence-electron chi connectivity index (χ1n) is 9.12. The zero-order chi connectivity index (χ0) is 22.3. The zero-order valence-electron chi connectivity index (χ0n) is 15.8. The van der Waals surface area contributed by atoms with E-state index in [1.54, 1.807) is 25.4 Å². The molecule has 0 aromatic carbocycles. The minimum atomic E-state index is -5.75. The lowest BCUT2D eigenvalue weighted by molar-refractivity contribution is -0.308. The van der Waals surface area contributed by atoms with Crippen LogP contribution in [0.25, 0.3) is 0 Å². The molecule has 0 unspecified atom stereocenters. The summed E-state index contributed by atoms with van der Waals surface area (Å²) in [5.41, 5.74) is 0.202. The van der Waals surface area contributed by atoms with Gasteiger partial charge in [0.25, 0.3) is 6.10 Å². The van der Waals surface area contributed by atoms with Crippen LogP contribution in [0.5, 0.6) is 0 Å². The minimum Gasteiger partial charge on any atom is -0.426 e. The summed E-state index contributed by atoms with van der Waals surface area (Å²) in [6.07, 6.45) is -13.1. The average Bonchev–Trinajstić information content (AvgIpc) is 3.37. The molecule has 1 aromatic rings. The van der Waals surface area contributed by atoms with Crippen molar-refractivity contribution in [3.63, 3.8) is 0 Å². The van der Waals surface area contributed by atoms with Crippen molar-refractivity contribution in [2.24, 2.45) is 11.3 Å². The van der Waals surface area contributed by atoms with Crippen molar-refractivity contribution in [3.05, 3.63) is 24.5 Å². The zero-order valence-corrected chi connectivity index (χ0v) is 15.8. The molecule has 166 valence electrons. The van der Waals surface area contributed by atoms with E-state index in [1.807, 2.05) is 0 Å². The van der Waals surface area contributed by atoms with E-state index in [1.165, 1.54) is 11.1 Å². The molecule has 1 saturated carbocycles. The first-order chi connectivity index (χ1) is 13.8. The third-order valence-electron chi connectivity index (χ3n) is 5.68. The van der Waals surface area contributed by atoms with E-state index in [0.29, 0.717) is 24.9 Å². The Bertz CT molecular complexity index is 777. The summed E-state index contributed by atoms with van der Waals surface area (Å²) in [5, 5.41) is 0. The molecule has 12 heteroatoms. The maximum atomic E-state index is 12.7. The summed E-state index contributed by atoms with van der Waals surface area (Å²) < 4.78 is 79.2. The molecule has 1 aliphatic carbocycles. The van der Waals surface area contributed by atoms with Crippen LogP contribution in [-0.2, 0) is 9.53 Å². The molecule has 1 atom stereocenters. The van der Waals surface area contributed by atoms with Crippen LogP contribution in [0.1, 0.15) is 19.3 Å². The lowest BCUT2D eigenvalue weighted by atomic mass is 9.90. The Balaban J connectivity index is 1.56. The fourth-order valence-corrected chi connectivity index (χ4v) is 3.79. The van der Waals surface area contributed by atoms with Gasteiger partial charge in [0.15, 0.2) is 0 Å². The Labute approximate surface area is 167 Å². The number of likely N-dealkylation sites (tertiary alicyclic amines) is 1. The highest BCUT2D eigenvalue weighted by molar-refractivity contribution is 5.96. The van der Waals surface area contributed by atoms with Crippen molar-refractivity contribution in [1.29, 1.82) is 0 Å². The normalized spacial score (nSPS) is 20.9. The Morgan fingerprint density at radius 3 is 2.30 bits per heavy atom. The molecular weight excluding hydrogens is 420 g/mol. The van der Waals surface area contributed by atoms with Gasteiger partial charge < -0.3 is 14.5 Å². The van der Waals surface area contributed by atoms with E-state index in [4.69, 9.17) is 0 Å². The van der Waals surface area contributed by atoms with E-state index in [0.717, 1.165) is 4.90 Å². The maximum absolute atomic E-state index is 12.7. The molecule has 2 aliphatic rings. The summed E-state index contributed by atoms with van der Waals surface area (Å²) in [5.74, 6) is -0.466. The van der Waals surface area contributed by atoms with Crippen molar-refractivity contribution >= 4 is 17.7 Å². The van der Waals surface area contributed by atoms with Gasteiger partial charge in [0.1, 0.15) is 0 Å². The molecule has 1 spiro atoms. The summed E-state index contributed by atoms with van der Waals surface area (Å²) in [7, 11) is 1.60. The third kappa shape index (κ3) is 4.46.